The average Bonchev–Trinajstić information content (AvgIpc) is 2.15. The normalized spacial score (nSPS) is 38.6. The maximum Gasteiger partial charge on any atom is 0.0808 e. The Morgan fingerprint density at radius 2 is 1.93 bits per heavy atom. The second kappa shape index (κ2) is 4.60. The topological polar surface area (TPSA) is 30.5 Å². The molecule has 2 unspecified atom stereocenters. The first-order valence-corrected chi connectivity index (χ1v) is 5.43. The number of hydrogen-bond acceptors (Lipinski definition) is 3. The lowest BCUT2D eigenvalue weighted by molar-refractivity contribution is -0.169. The summed E-state index contributed by atoms with van der Waals surface area (Å²) < 4.78 is 11.3. The fourth-order valence-electron chi connectivity index (χ4n) is 1.91. The maximum absolute atomic E-state index is 6.17. The SMILES string of the molecule is CCC1(C)CNCC(C)(CCOC)O1. The molecule has 14 heavy (non-hydrogen) atoms. The lowest BCUT2D eigenvalue weighted by Crippen LogP contribution is -2.58. The van der Waals surface area contributed by atoms with E-state index in [0.29, 0.717) is 0 Å². The van der Waals surface area contributed by atoms with Crippen LogP contribution in [0.2, 0.25) is 0 Å². The van der Waals surface area contributed by atoms with Crippen LogP contribution in [-0.4, -0.2) is 38.0 Å². The number of methoxy groups -OCH3 is 1. The van der Waals surface area contributed by atoms with Gasteiger partial charge in [0.05, 0.1) is 11.2 Å². The molecular formula is C11H23NO2. The van der Waals surface area contributed by atoms with Gasteiger partial charge in [0.25, 0.3) is 0 Å². The van der Waals surface area contributed by atoms with Gasteiger partial charge in [-0.05, 0) is 20.3 Å². The fraction of sp³-hybridized carbons (Fsp3) is 1.00. The number of nitrogens with one attached hydrogen (secondary N) is 1. The van der Waals surface area contributed by atoms with Gasteiger partial charge < -0.3 is 14.8 Å². The molecule has 1 heterocycles. The van der Waals surface area contributed by atoms with Gasteiger partial charge in [0.15, 0.2) is 0 Å². The van der Waals surface area contributed by atoms with E-state index in [1.54, 1.807) is 7.11 Å². The third-order valence-electron chi connectivity index (χ3n) is 3.07. The summed E-state index contributed by atoms with van der Waals surface area (Å²) in [6, 6.07) is 0. The molecule has 1 saturated heterocycles. The molecule has 0 amide bonds. The van der Waals surface area contributed by atoms with Crippen molar-refractivity contribution in [1.82, 2.24) is 5.32 Å². The van der Waals surface area contributed by atoms with E-state index in [1.807, 2.05) is 0 Å². The highest BCUT2D eigenvalue weighted by Gasteiger charge is 2.38. The van der Waals surface area contributed by atoms with Crippen molar-refractivity contribution in [2.45, 2.75) is 44.8 Å². The van der Waals surface area contributed by atoms with E-state index in [0.717, 1.165) is 32.5 Å². The summed E-state index contributed by atoms with van der Waals surface area (Å²) >= 11 is 0. The first-order valence-electron chi connectivity index (χ1n) is 5.43. The van der Waals surface area contributed by atoms with Crippen LogP contribution in [0, 0.1) is 0 Å². The Kier molecular flexibility index (Phi) is 3.93. The highest BCUT2D eigenvalue weighted by Crippen LogP contribution is 2.28. The average molecular weight is 201 g/mol. The molecule has 1 aliphatic rings. The number of hydrogen-bond donors (Lipinski definition) is 1. The molecule has 1 rings (SSSR count). The van der Waals surface area contributed by atoms with Gasteiger partial charge in [-0.25, -0.2) is 0 Å². The van der Waals surface area contributed by atoms with Crippen LogP contribution in [0.15, 0.2) is 0 Å². The Hall–Kier alpha value is -0.120. The van der Waals surface area contributed by atoms with E-state index >= 15 is 0 Å². The molecule has 0 aliphatic carbocycles. The van der Waals surface area contributed by atoms with E-state index in [2.05, 4.69) is 26.1 Å². The Balaban J connectivity index is 2.53. The molecule has 0 radical (unpaired) electrons. The molecule has 84 valence electrons. The predicted octanol–water partition coefficient (Wildman–Crippen LogP) is 1.57. The zero-order valence-electron chi connectivity index (χ0n) is 9.85. The second-order valence-electron chi connectivity index (χ2n) is 4.70. The molecule has 1 aliphatic heterocycles. The van der Waals surface area contributed by atoms with E-state index < -0.39 is 0 Å². The van der Waals surface area contributed by atoms with Crippen molar-refractivity contribution < 1.29 is 9.47 Å². The quantitative estimate of drug-likeness (QED) is 0.749. The minimum absolute atomic E-state index is 0.0132. The van der Waals surface area contributed by atoms with E-state index in [4.69, 9.17) is 9.47 Å². The Morgan fingerprint density at radius 1 is 1.29 bits per heavy atom. The first-order chi connectivity index (χ1) is 6.54. The van der Waals surface area contributed by atoms with Crippen molar-refractivity contribution in [3.63, 3.8) is 0 Å². The predicted molar refractivity (Wildman–Crippen MR) is 57.5 cm³/mol. The molecule has 3 nitrogen and oxygen atoms in total. The van der Waals surface area contributed by atoms with Crippen molar-refractivity contribution in [2.24, 2.45) is 0 Å². The van der Waals surface area contributed by atoms with Gasteiger partial charge in [-0.3, -0.25) is 0 Å². The third kappa shape index (κ3) is 2.94. The van der Waals surface area contributed by atoms with Gasteiger partial charge in [0.2, 0.25) is 0 Å². The monoisotopic (exact) mass is 201 g/mol. The number of ether oxygens (including phenoxy) is 2. The molecule has 0 aromatic rings. The van der Waals surface area contributed by atoms with Crippen LogP contribution >= 0.6 is 0 Å². The third-order valence-corrected chi connectivity index (χ3v) is 3.07. The van der Waals surface area contributed by atoms with Crippen molar-refractivity contribution in [3.05, 3.63) is 0 Å². The zero-order valence-corrected chi connectivity index (χ0v) is 9.85. The van der Waals surface area contributed by atoms with Crippen molar-refractivity contribution in [3.8, 4) is 0 Å². The molecule has 3 heteroatoms. The van der Waals surface area contributed by atoms with Crippen LogP contribution in [-0.2, 0) is 9.47 Å². The summed E-state index contributed by atoms with van der Waals surface area (Å²) in [5.74, 6) is 0. The lowest BCUT2D eigenvalue weighted by Gasteiger charge is -2.45. The van der Waals surface area contributed by atoms with Crippen LogP contribution in [0.5, 0.6) is 0 Å². The van der Waals surface area contributed by atoms with Crippen LogP contribution < -0.4 is 5.32 Å². The molecule has 0 aromatic heterocycles. The molecule has 0 bridgehead atoms. The van der Waals surface area contributed by atoms with Gasteiger partial charge in [0, 0.05) is 33.2 Å². The van der Waals surface area contributed by atoms with Gasteiger partial charge in [-0.2, -0.15) is 0 Å². The Bertz CT molecular complexity index is 186. The summed E-state index contributed by atoms with van der Waals surface area (Å²) in [6.07, 6.45) is 1.99. The molecule has 0 aromatic carbocycles. The highest BCUT2D eigenvalue weighted by atomic mass is 16.5. The van der Waals surface area contributed by atoms with Gasteiger partial charge >= 0.3 is 0 Å². The van der Waals surface area contributed by atoms with Crippen LogP contribution in [0.3, 0.4) is 0 Å². The standard InChI is InChI=1S/C11H23NO2/c1-5-10(2)8-12-9-11(3,14-10)6-7-13-4/h12H,5-9H2,1-4H3. The molecule has 2 atom stereocenters. The molecule has 1 N–H and O–H groups in total. The molecular weight excluding hydrogens is 178 g/mol. The molecule has 0 spiro atoms. The van der Waals surface area contributed by atoms with Gasteiger partial charge in [-0.15, -0.1) is 0 Å². The maximum atomic E-state index is 6.17. The molecule has 1 fully saturated rings. The highest BCUT2D eigenvalue weighted by molar-refractivity contribution is 4.91. The van der Waals surface area contributed by atoms with E-state index in [9.17, 15) is 0 Å². The van der Waals surface area contributed by atoms with Crippen molar-refractivity contribution in [1.29, 1.82) is 0 Å². The summed E-state index contributed by atoms with van der Waals surface area (Å²) in [5, 5.41) is 3.45. The van der Waals surface area contributed by atoms with E-state index in [1.165, 1.54) is 0 Å². The van der Waals surface area contributed by atoms with Crippen LogP contribution in [0.1, 0.15) is 33.6 Å². The Labute approximate surface area is 87.2 Å². The second-order valence-corrected chi connectivity index (χ2v) is 4.70. The molecule has 0 saturated carbocycles. The summed E-state index contributed by atoms with van der Waals surface area (Å²) in [5.41, 5.74) is -0.0836. The van der Waals surface area contributed by atoms with Crippen molar-refractivity contribution in [2.75, 3.05) is 26.8 Å². The van der Waals surface area contributed by atoms with Crippen LogP contribution in [0.4, 0.5) is 0 Å². The summed E-state index contributed by atoms with van der Waals surface area (Å²) in [4.78, 5) is 0. The van der Waals surface area contributed by atoms with Crippen LogP contribution in [0.25, 0.3) is 0 Å². The summed E-state index contributed by atoms with van der Waals surface area (Å²) in [7, 11) is 1.73. The minimum Gasteiger partial charge on any atom is -0.385 e. The van der Waals surface area contributed by atoms with Crippen molar-refractivity contribution >= 4 is 0 Å². The summed E-state index contributed by atoms with van der Waals surface area (Å²) in [6.45, 7) is 9.13. The lowest BCUT2D eigenvalue weighted by atomic mass is 9.94. The largest absolute Gasteiger partial charge is 0.385 e. The van der Waals surface area contributed by atoms with Gasteiger partial charge in [0.1, 0.15) is 0 Å². The minimum atomic E-state index is -0.0704. The fourth-order valence-corrected chi connectivity index (χ4v) is 1.91. The van der Waals surface area contributed by atoms with Gasteiger partial charge in [-0.1, -0.05) is 6.92 Å². The number of rotatable bonds is 4. The smallest absolute Gasteiger partial charge is 0.0808 e. The zero-order chi connectivity index (χ0) is 10.7. The Morgan fingerprint density at radius 3 is 2.50 bits per heavy atom. The van der Waals surface area contributed by atoms with E-state index in [-0.39, 0.29) is 11.2 Å². The first kappa shape index (κ1) is 12.0. The number of morpholine rings is 1.